The summed E-state index contributed by atoms with van der Waals surface area (Å²) < 4.78 is 0.705. The zero-order valence-electron chi connectivity index (χ0n) is 10.4. The Morgan fingerprint density at radius 2 is 2.21 bits per heavy atom. The van der Waals surface area contributed by atoms with Crippen molar-refractivity contribution >= 4 is 44.3 Å². The van der Waals surface area contributed by atoms with Crippen LogP contribution in [0.2, 0.25) is 0 Å². The van der Waals surface area contributed by atoms with Crippen molar-refractivity contribution in [3.8, 4) is 0 Å². The van der Waals surface area contributed by atoms with Crippen molar-refractivity contribution < 1.29 is 4.79 Å². The Hall–Kier alpha value is -1.33. The van der Waals surface area contributed by atoms with Gasteiger partial charge in [0.15, 0.2) is 0 Å². The highest BCUT2D eigenvalue weighted by Crippen LogP contribution is 2.47. The van der Waals surface area contributed by atoms with E-state index in [9.17, 15) is 4.79 Å². The minimum absolute atomic E-state index is 0.130. The highest BCUT2D eigenvalue weighted by atomic mass is 32.2. The van der Waals surface area contributed by atoms with Crippen molar-refractivity contribution in [2.24, 2.45) is 0 Å². The molecular formula is C14H12N2OS2. The van der Waals surface area contributed by atoms with Gasteiger partial charge in [0.1, 0.15) is 9.86 Å². The number of fused-ring (bicyclic) bond motifs is 5. The minimum Gasteiger partial charge on any atom is -0.356 e. The van der Waals surface area contributed by atoms with Crippen LogP contribution in [0.3, 0.4) is 0 Å². The lowest BCUT2D eigenvalue weighted by Crippen LogP contribution is -2.48. The number of aromatic nitrogens is 1. The second-order valence-corrected chi connectivity index (χ2v) is 6.76. The summed E-state index contributed by atoms with van der Waals surface area (Å²) in [6.07, 6.45) is 0.933. The molecule has 0 spiro atoms. The number of benzene rings is 1. The maximum absolute atomic E-state index is 12.4. The number of nitrogens with zero attached hydrogens (tertiary/aromatic N) is 1. The zero-order chi connectivity index (χ0) is 13.2. The summed E-state index contributed by atoms with van der Waals surface area (Å²) >= 11 is 6.53. The Labute approximate surface area is 120 Å². The topological polar surface area (TPSA) is 36.1 Å². The Morgan fingerprint density at radius 1 is 1.42 bits per heavy atom. The molecule has 0 amide bonds. The smallest absolute Gasteiger partial charge is 0.227 e. The van der Waals surface area contributed by atoms with E-state index in [0.717, 1.165) is 24.2 Å². The number of carbonyl (C=O) groups is 1. The van der Waals surface area contributed by atoms with Gasteiger partial charge in [-0.25, -0.2) is 0 Å². The summed E-state index contributed by atoms with van der Waals surface area (Å²) in [5.41, 5.74) is 2.78. The van der Waals surface area contributed by atoms with Gasteiger partial charge < -0.3 is 9.88 Å². The molecule has 1 atom stereocenters. The van der Waals surface area contributed by atoms with Crippen LogP contribution in [0.5, 0.6) is 0 Å². The first-order chi connectivity index (χ1) is 9.12. The van der Waals surface area contributed by atoms with E-state index >= 15 is 0 Å². The van der Waals surface area contributed by atoms with Gasteiger partial charge in [-0.3, -0.25) is 4.79 Å². The molecule has 1 fully saturated rings. The number of nitrogens with one attached hydrogen (secondary N) is 1. The molecule has 2 aliphatic heterocycles. The quantitative estimate of drug-likeness (QED) is 0.756. The first-order valence-corrected chi connectivity index (χ1v) is 7.49. The standard InChI is InChI=1S/C14H12N2OS2/c1-14-11-9(8-4-2-3-5-10(8)15-11)6-7-16(14)13(18)19-12(14)17/h2-5,15H,6-7H2,1H3/t14-/m0/s1. The molecule has 19 heavy (non-hydrogen) atoms. The first kappa shape index (κ1) is 11.5. The number of thiocarbonyl (C=S) groups is 1. The second kappa shape index (κ2) is 3.61. The number of para-hydroxylation sites is 1. The van der Waals surface area contributed by atoms with Crippen molar-refractivity contribution in [2.45, 2.75) is 18.9 Å². The number of hydrogen-bond acceptors (Lipinski definition) is 3. The minimum atomic E-state index is -0.617. The van der Waals surface area contributed by atoms with Crippen LogP contribution in [-0.2, 0) is 16.8 Å². The van der Waals surface area contributed by atoms with Crippen molar-refractivity contribution in [1.29, 1.82) is 0 Å². The van der Waals surface area contributed by atoms with E-state index in [1.165, 1.54) is 22.7 Å². The SMILES string of the molecule is C[C@]12C(=O)SC(=S)N1CCc1c2[nH]c2ccccc12. The van der Waals surface area contributed by atoms with E-state index in [-0.39, 0.29) is 5.12 Å². The first-order valence-electron chi connectivity index (χ1n) is 6.26. The fourth-order valence-corrected chi connectivity index (χ4v) is 4.63. The van der Waals surface area contributed by atoms with Crippen molar-refractivity contribution in [1.82, 2.24) is 9.88 Å². The summed E-state index contributed by atoms with van der Waals surface area (Å²) in [4.78, 5) is 17.9. The number of hydrogen-bond donors (Lipinski definition) is 1. The van der Waals surface area contributed by atoms with Crippen LogP contribution in [0.1, 0.15) is 18.2 Å². The maximum atomic E-state index is 12.4. The molecule has 5 heteroatoms. The van der Waals surface area contributed by atoms with Crippen molar-refractivity contribution in [3.63, 3.8) is 0 Å². The Morgan fingerprint density at radius 3 is 3.05 bits per heavy atom. The second-order valence-electron chi connectivity index (χ2n) is 5.15. The van der Waals surface area contributed by atoms with Crippen LogP contribution in [0, 0.1) is 0 Å². The van der Waals surface area contributed by atoms with Gasteiger partial charge in [-0.2, -0.15) is 0 Å². The summed E-state index contributed by atoms with van der Waals surface area (Å²) in [5, 5.41) is 1.36. The van der Waals surface area contributed by atoms with E-state index in [1.807, 2.05) is 19.1 Å². The van der Waals surface area contributed by atoms with Gasteiger partial charge in [-0.05, 0) is 36.7 Å². The third-order valence-corrected chi connectivity index (χ3v) is 5.67. The zero-order valence-corrected chi connectivity index (χ0v) is 12.0. The number of H-pyrrole nitrogens is 1. The van der Waals surface area contributed by atoms with Gasteiger partial charge in [0, 0.05) is 17.4 Å². The molecule has 1 aromatic carbocycles. The van der Waals surface area contributed by atoms with Gasteiger partial charge in [0.2, 0.25) is 5.12 Å². The highest BCUT2D eigenvalue weighted by Gasteiger charge is 2.53. The van der Waals surface area contributed by atoms with Crippen molar-refractivity contribution in [3.05, 3.63) is 35.5 Å². The largest absolute Gasteiger partial charge is 0.356 e. The molecule has 0 unspecified atom stereocenters. The Balaban J connectivity index is 2.04. The van der Waals surface area contributed by atoms with Crippen LogP contribution in [0.15, 0.2) is 24.3 Å². The molecule has 1 aromatic heterocycles. The summed E-state index contributed by atoms with van der Waals surface area (Å²) in [6.45, 7) is 2.80. The fourth-order valence-electron chi connectivity index (χ4n) is 3.18. The average molecular weight is 288 g/mol. The van der Waals surface area contributed by atoms with Gasteiger partial charge in [-0.1, -0.05) is 30.4 Å². The molecule has 1 saturated heterocycles. The van der Waals surface area contributed by atoms with E-state index in [0.29, 0.717) is 4.32 Å². The molecule has 96 valence electrons. The third-order valence-electron chi connectivity index (χ3n) is 4.22. The van der Waals surface area contributed by atoms with Crippen molar-refractivity contribution in [2.75, 3.05) is 6.54 Å². The average Bonchev–Trinajstić information content (AvgIpc) is 2.88. The number of thioether (sulfide) groups is 1. The summed E-state index contributed by atoms with van der Waals surface area (Å²) in [5.74, 6) is 0. The number of aromatic amines is 1. The Kier molecular flexibility index (Phi) is 2.18. The van der Waals surface area contributed by atoms with Crippen LogP contribution in [0.4, 0.5) is 0 Å². The van der Waals surface area contributed by atoms with Gasteiger partial charge in [-0.15, -0.1) is 0 Å². The maximum Gasteiger partial charge on any atom is 0.227 e. The fraction of sp³-hybridized carbons (Fsp3) is 0.286. The van der Waals surface area contributed by atoms with Crippen LogP contribution < -0.4 is 0 Å². The normalized spacial score (nSPS) is 25.8. The molecule has 4 rings (SSSR count). The van der Waals surface area contributed by atoms with Gasteiger partial charge in [0.25, 0.3) is 0 Å². The molecule has 3 nitrogen and oxygen atoms in total. The third kappa shape index (κ3) is 1.29. The molecular weight excluding hydrogens is 276 g/mol. The van der Waals surface area contributed by atoms with Crippen LogP contribution in [-0.4, -0.2) is 25.9 Å². The molecule has 2 aromatic rings. The summed E-state index contributed by atoms with van der Waals surface area (Å²) in [7, 11) is 0. The van der Waals surface area contributed by atoms with Gasteiger partial charge in [0.05, 0.1) is 5.69 Å². The van der Waals surface area contributed by atoms with E-state index < -0.39 is 5.54 Å². The predicted molar refractivity (Wildman–Crippen MR) is 81.3 cm³/mol. The number of rotatable bonds is 0. The molecule has 0 radical (unpaired) electrons. The molecule has 2 aliphatic rings. The van der Waals surface area contributed by atoms with Crippen LogP contribution in [0.25, 0.3) is 10.9 Å². The lowest BCUT2D eigenvalue weighted by molar-refractivity contribution is -0.119. The molecule has 1 N–H and O–H groups in total. The molecule has 0 bridgehead atoms. The van der Waals surface area contributed by atoms with E-state index in [1.54, 1.807) is 0 Å². The van der Waals surface area contributed by atoms with E-state index in [2.05, 4.69) is 22.0 Å². The number of carbonyl (C=O) groups excluding carboxylic acids is 1. The lowest BCUT2D eigenvalue weighted by Gasteiger charge is -2.38. The van der Waals surface area contributed by atoms with Crippen LogP contribution >= 0.6 is 24.0 Å². The summed E-state index contributed by atoms with van der Waals surface area (Å²) in [6, 6.07) is 8.24. The molecule has 0 saturated carbocycles. The van der Waals surface area contributed by atoms with Gasteiger partial charge >= 0.3 is 0 Å². The predicted octanol–water partition coefficient (Wildman–Crippen LogP) is 2.80. The molecule has 0 aliphatic carbocycles. The Bertz CT molecular complexity index is 736. The highest BCUT2D eigenvalue weighted by molar-refractivity contribution is 8.33. The van der Waals surface area contributed by atoms with E-state index in [4.69, 9.17) is 12.2 Å². The lowest BCUT2D eigenvalue weighted by atomic mass is 9.88. The molecule has 3 heterocycles. The monoisotopic (exact) mass is 288 g/mol.